The van der Waals surface area contributed by atoms with Crippen LogP contribution in [0.1, 0.15) is 55.5 Å². The van der Waals surface area contributed by atoms with Crippen LogP contribution in [0.5, 0.6) is 5.75 Å². The first-order valence-electron chi connectivity index (χ1n) is 8.46. The van der Waals surface area contributed by atoms with Crippen LogP contribution in [0.4, 0.5) is 18.0 Å². The minimum atomic E-state index is -4.98. The third-order valence-corrected chi connectivity index (χ3v) is 4.00. The molecular weight excluding hydrogens is 367 g/mol. The van der Waals surface area contributed by atoms with E-state index >= 15 is 0 Å². The zero-order valence-electron chi connectivity index (χ0n) is 15.3. The molecule has 1 amide bonds. The highest BCUT2D eigenvalue weighted by atomic mass is 19.4. The molecule has 27 heavy (non-hydrogen) atoms. The van der Waals surface area contributed by atoms with Crippen LogP contribution in [0.25, 0.3) is 0 Å². The van der Waals surface area contributed by atoms with Crippen molar-refractivity contribution < 1.29 is 37.3 Å². The third-order valence-electron chi connectivity index (χ3n) is 4.00. The molecule has 1 aromatic rings. The summed E-state index contributed by atoms with van der Waals surface area (Å²) < 4.78 is 46.5. The van der Waals surface area contributed by atoms with E-state index in [0.717, 1.165) is 6.07 Å². The molecule has 0 radical (unpaired) electrons. The maximum absolute atomic E-state index is 12.4. The summed E-state index contributed by atoms with van der Waals surface area (Å²) in [5, 5.41) is 9.22. The van der Waals surface area contributed by atoms with E-state index in [2.05, 4.69) is 4.74 Å². The van der Waals surface area contributed by atoms with Crippen molar-refractivity contribution in [1.29, 1.82) is 0 Å². The van der Waals surface area contributed by atoms with Crippen LogP contribution in [0.15, 0.2) is 18.2 Å². The average Bonchev–Trinajstić information content (AvgIpc) is 2.52. The molecule has 1 fully saturated rings. The van der Waals surface area contributed by atoms with E-state index in [9.17, 15) is 27.9 Å². The fourth-order valence-electron chi connectivity index (χ4n) is 2.92. The Kier molecular flexibility index (Phi) is 5.91. The minimum Gasteiger partial charge on any atom is -0.478 e. The van der Waals surface area contributed by atoms with Gasteiger partial charge in [-0.25, -0.2) is 9.59 Å². The van der Waals surface area contributed by atoms with Crippen LogP contribution < -0.4 is 4.74 Å². The highest BCUT2D eigenvalue weighted by Crippen LogP contribution is 2.33. The molecule has 1 unspecified atom stereocenters. The van der Waals surface area contributed by atoms with Gasteiger partial charge in [0.2, 0.25) is 0 Å². The van der Waals surface area contributed by atoms with Crippen LogP contribution >= 0.6 is 0 Å². The second-order valence-electron chi connectivity index (χ2n) is 7.37. The number of piperidine rings is 1. The minimum absolute atomic E-state index is 0.204. The molecule has 1 heterocycles. The number of carboxylic acids is 1. The Balaban J connectivity index is 2.20. The summed E-state index contributed by atoms with van der Waals surface area (Å²) in [6.07, 6.45) is -4.10. The SMILES string of the molecule is CC(C)(C)OC(=O)N1CCCC(c2ccc(OC(F)(F)F)c(C(=O)O)c2)C1. The molecule has 1 saturated heterocycles. The van der Waals surface area contributed by atoms with E-state index in [1.54, 1.807) is 20.8 Å². The number of carboxylic acid groups (broad SMARTS) is 1. The van der Waals surface area contributed by atoms with Gasteiger partial charge in [-0.15, -0.1) is 13.2 Å². The first-order chi connectivity index (χ1) is 12.4. The molecule has 1 aliphatic heterocycles. The number of halogens is 3. The number of ether oxygens (including phenoxy) is 2. The number of alkyl halides is 3. The average molecular weight is 389 g/mol. The molecule has 6 nitrogen and oxygen atoms in total. The number of amides is 1. The van der Waals surface area contributed by atoms with Gasteiger partial charge in [-0.2, -0.15) is 0 Å². The number of rotatable bonds is 3. The van der Waals surface area contributed by atoms with Crippen molar-refractivity contribution >= 4 is 12.1 Å². The fourth-order valence-corrected chi connectivity index (χ4v) is 2.92. The number of carbonyl (C=O) groups excluding carboxylic acids is 1. The number of hydrogen-bond acceptors (Lipinski definition) is 4. The van der Waals surface area contributed by atoms with Crippen LogP contribution in [-0.4, -0.2) is 47.1 Å². The standard InChI is InChI=1S/C18H22F3NO5/c1-17(2,3)27-16(25)22-8-4-5-12(10-22)11-6-7-14(26-18(19,20)21)13(9-11)15(23)24/h6-7,9,12H,4-5,8,10H2,1-3H3,(H,23,24). The van der Waals surface area contributed by atoms with E-state index in [-0.39, 0.29) is 5.92 Å². The Hall–Kier alpha value is -2.45. The van der Waals surface area contributed by atoms with Gasteiger partial charge in [0.25, 0.3) is 0 Å². The number of carbonyl (C=O) groups is 2. The predicted octanol–water partition coefficient (Wildman–Crippen LogP) is 4.40. The number of aromatic carboxylic acids is 1. The second kappa shape index (κ2) is 7.66. The van der Waals surface area contributed by atoms with Crippen LogP contribution in [-0.2, 0) is 4.74 Å². The summed E-state index contributed by atoms with van der Waals surface area (Å²) in [4.78, 5) is 25.1. The summed E-state index contributed by atoms with van der Waals surface area (Å²) >= 11 is 0. The Morgan fingerprint density at radius 2 is 1.89 bits per heavy atom. The van der Waals surface area contributed by atoms with Gasteiger partial charge in [-0.05, 0) is 51.3 Å². The molecule has 150 valence electrons. The van der Waals surface area contributed by atoms with E-state index in [0.29, 0.717) is 31.5 Å². The fraction of sp³-hybridized carbons (Fsp3) is 0.556. The Morgan fingerprint density at radius 3 is 2.44 bits per heavy atom. The van der Waals surface area contributed by atoms with Crippen molar-refractivity contribution in [1.82, 2.24) is 4.90 Å². The van der Waals surface area contributed by atoms with Gasteiger partial charge in [-0.1, -0.05) is 6.07 Å². The highest BCUT2D eigenvalue weighted by Gasteiger charge is 2.34. The van der Waals surface area contributed by atoms with Gasteiger partial charge in [0.05, 0.1) is 0 Å². The molecule has 1 N–H and O–H groups in total. The topological polar surface area (TPSA) is 76.1 Å². The van der Waals surface area contributed by atoms with Crippen LogP contribution in [0.3, 0.4) is 0 Å². The zero-order valence-corrected chi connectivity index (χ0v) is 15.3. The molecular formula is C18H22F3NO5. The normalized spacial score (nSPS) is 18.1. The maximum Gasteiger partial charge on any atom is 0.573 e. The number of nitrogens with zero attached hydrogens (tertiary/aromatic N) is 1. The van der Waals surface area contributed by atoms with Crippen molar-refractivity contribution in [3.8, 4) is 5.75 Å². The van der Waals surface area contributed by atoms with Crippen molar-refractivity contribution in [3.63, 3.8) is 0 Å². The molecule has 0 spiro atoms. The number of hydrogen-bond donors (Lipinski definition) is 1. The first kappa shape index (κ1) is 20.9. The summed E-state index contributed by atoms with van der Waals surface area (Å²) in [6, 6.07) is 3.57. The monoisotopic (exact) mass is 389 g/mol. The lowest BCUT2D eigenvalue weighted by Gasteiger charge is -2.34. The molecule has 0 saturated carbocycles. The summed E-state index contributed by atoms with van der Waals surface area (Å²) in [5.41, 5.74) is -0.675. The Morgan fingerprint density at radius 1 is 1.22 bits per heavy atom. The van der Waals surface area contributed by atoms with Crippen molar-refractivity contribution in [3.05, 3.63) is 29.3 Å². The Labute approximate surface area is 154 Å². The smallest absolute Gasteiger partial charge is 0.478 e. The molecule has 1 aromatic carbocycles. The first-order valence-corrected chi connectivity index (χ1v) is 8.46. The molecule has 0 aromatic heterocycles. The van der Waals surface area contributed by atoms with Crippen molar-refractivity contribution in [2.24, 2.45) is 0 Å². The highest BCUT2D eigenvalue weighted by molar-refractivity contribution is 5.91. The molecule has 1 atom stereocenters. The maximum atomic E-state index is 12.4. The van der Waals surface area contributed by atoms with E-state index < -0.39 is 35.3 Å². The van der Waals surface area contributed by atoms with Gasteiger partial charge < -0.3 is 19.5 Å². The van der Waals surface area contributed by atoms with Crippen LogP contribution in [0.2, 0.25) is 0 Å². The van der Waals surface area contributed by atoms with Gasteiger partial charge in [0, 0.05) is 19.0 Å². The van der Waals surface area contributed by atoms with Crippen LogP contribution in [0, 0.1) is 0 Å². The number of likely N-dealkylation sites (tertiary alicyclic amines) is 1. The van der Waals surface area contributed by atoms with Crippen molar-refractivity contribution in [2.45, 2.75) is 51.5 Å². The Bertz CT molecular complexity index is 712. The lowest BCUT2D eigenvalue weighted by Crippen LogP contribution is -2.42. The van der Waals surface area contributed by atoms with Gasteiger partial charge in [0.15, 0.2) is 0 Å². The molecule has 1 aliphatic rings. The predicted molar refractivity (Wildman–Crippen MR) is 89.9 cm³/mol. The summed E-state index contributed by atoms with van der Waals surface area (Å²) in [7, 11) is 0. The largest absolute Gasteiger partial charge is 0.573 e. The molecule has 0 bridgehead atoms. The summed E-state index contributed by atoms with van der Waals surface area (Å²) in [6.45, 7) is 6.07. The lowest BCUT2D eigenvalue weighted by molar-refractivity contribution is -0.274. The molecule has 0 aliphatic carbocycles. The van der Waals surface area contributed by atoms with E-state index in [4.69, 9.17) is 4.74 Å². The van der Waals surface area contributed by atoms with E-state index in [1.165, 1.54) is 17.0 Å². The number of benzene rings is 1. The molecule has 9 heteroatoms. The zero-order chi connectivity index (χ0) is 20.4. The molecule has 2 rings (SSSR count). The second-order valence-corrected chi connectivity index (χ2v) is 7.37. The van der Waals surface area contributed by atoms with Gasteiger partial charge >= 0.3 is 18.4 Å². The van der Waals surface area contributed by atoms with Crippen molar-refractivity contribution in [2.75, 3.05) is 13.1 Å². The van der Waals surface area contributed by atoms with Gasteiger partial charge in [-0.3, -0.25) is 0 Å². The summed E-state index contributed by atoms with van der Waals surface area (Å²) in [5.74, 6) is -2.49. The third kappa shape index (κ3) is 6.04. The lowest BCUT2D eigenvalue weighted by atomic mass is 9.89. The van der Waals surface area contributed by atoms with Gasteiger partial charge in [0.1, 0.15) is 16.9 Å². The van der Waals surface area contributed by atoms with E-state index in [1.807, 2.05) is 0 Å². The quantitative estimate of drug-likeness (QED) is 0.829.